The molecule has 0 aliphatic carbocycles. The number of benzene rings is 1. The number of anilines is 2. The number of ketones is 1. The number of hydrogen-bond acceptors (Lipinski definition) is 8. The van der Waals surface area contributed by atoms with E-state index < -0.39 is 5.82 Å². The second kappa shape index (κ2) is 13.0. The summed E-state index contributed by atoms with van der Waals surface area (Å²) in [5.41, 5.74) is 2.71. The summed E-state index contributed by atoms with van der Waals surface area (Å²) in [4.78, 5) is 35.7. The molecule has 11 heteroatoms. The number of nitrogens with zero attached hydrogens (tertiary/aromatic N) is 5. The monoisotopic (exact) mass is 551 g/mol. The summed E-state index contributed by atoms with van der Waals surface area (Å²) < 4.78 is 16.4. The first-order chi connectivity index (χ1) is 19.2. The molecule has 1 aliphatic heterocycles. The van der Waals surface area contributed by atoms with Gasteiger partial charge in [0, 0.05) is 55.7 Å². The van der Waals surface area contributed by atoms with Gasteiger partial charge in [-0.1, -0.05) is 39.5 Å². The largest absolute Gasteiger partial charge is 0.396 e. The van der Waals surface area contributed by atoms with Crippen molar-refractivity contribution in [3.63, 3.8) is 0 Å². The minimum atomic E-state index is -0.395. The van der Waals surface area contributed by atoms with E-state index in [1.54, 1.807) is 27.7 Å². The van der Waals surface area contributed by atoms with Crippen LogP contribution in [0.1, 0.15) is 62.6 Å². The molecular weight excluding hydrogens is 513 g/mol. The maximum atomic E-state index is 14.8. The topological polar surface area (TPSA) is 125 Å². The molecule has 1 aromatic carbocycles. The van der Waals surface area contributed by atoms with Crippen molar-refractivity contribution < 1.29 is 19.1 Å². The van der Waals surface area contributed by atoms with Crippen molar-refractivity contribution in [2.75, 3.05) is 30.3 Å². The zero-order valence-electron chi connectivity index (χ0n) is 23.4. The fraction of sp³-hybridized carbons (Fsp3) is 0.483. The van der Waals surface area contributed by atoms with E-state index in [9.17, 15) is 19.1 Å². The van der Waals surface area contributed by atoms with Crippen molar-refractivity contribution in [3.05, 3.63) is 59.6 Å². The Morgan fingerprint density at radius 3 is 2.80 bits per heavy atom. The molecule has 1 amide bonds. The van der Waals surface area contributed by atoms with Gasteiger partial charge in [0.2, 0.25) is 17.8 Å². The SMILES string of the molecule is C=CC(=O)N1CCC(C(=O)Cc2ccc(F)c(CNc3nc(NC(CC)CCO)nc4c(C(C)C)cnn34)c2)C1. The van der Waals surface area contributed by atoms with Gasteiger partial charge in [0.1, 0.15) is 11.6 Å². The van der Waals surface area contributed by atoms with Gasteiger partial charge in [-0.2, -0.15) is 19.6 Å². The molecule has 1 fully saturated rings. The Morgan fingerprint density at radius 2 is 2.10 bits per heavy atom. The average molecular weight is 552 g/mol. The van der Waals surface area contributed by atoms with E-state index in [0.717, 1.165) is 12.0 Å². The fourth-order valence-corrected chi connectivity index (χ4v) is 4.94. The number of fused-ring (bicyclic) bond motifs is 1. The maximum Gasteiger partial charge on any atom is 0.245 e. The zero-order chi connectivity index (χ0) is 28.8. The van der Waals surface area contributed by atoms with Crippen molar-refractivity contribution in [2.24, 2.45) is 5.92 Å². The molecule has 1 aliphatic rings. The number of aliphatic hydroxyl groups excluding tert-OH is 1. The molecule has 4 rings (SSSR count). The number of carbonyl (C=O) groups is 2. The van der Waals surface area contributed by atoms with E-state index in [4.69, 9.17) is 0 Å². The van der Waals surface area contributed by atoms with Crippen LogP contribution in [0.3, 0.4) is 0 Å². The van der Waals surface area contributed by atoms with Crippen LogP contribution in [0.25, 0.3) is 5.65 Å². The first-order valence-electron chi connectivity index (χ1n) is 13.8. The van der Waals surface area contributed by atoms with Gasteiger partial charge in [0.15, 0.2) is 5.65 Å². The van der Waals surface area contributed by atoms with Crippen LogP contribution in [0.5, 0.6) is 0 Å². The van der Waals surface area contributed by atoms with E-state index in [1.165, 1.54) is 12.1 Å². The van der Waals surface area contributed by atoms with E-state index in [2.05, 4.69) is 46.1 Å². The van der Waals surface area contributed by atoms with E-state index in [1.807, 2.05) is 6.92 Å². The quantitative estimate of drug-likeness (QED) is 0.275. The van der Waals surface area contributed by atoms with Gasteiger partial charge in [-0.05, 0) is 42.9 Å². The van der Waals surface area contributed by atoms with Crippen molar-refractivity contribution in [1.82, 2.24) is 24.5 Å². The third-order valence-corrected chi connectivity index (χ3v) is 7.38. The lowest BCUT2D eigenvalue weighted by Gasteiger charge is -2.17. The second-order valence-corrected chi connectivity index (χ2v) is 10.5. The molecule has 10 nitrogen and oxygen atoms in total. The van der Waals surface area contributed by atoms with E-state index in [0.29, 0.717) is 54.6 Å². The Balaban J connectivity index is 1.52. The number of nitrogens with one attached hydrogen (secondary N) is 2. The predicted octanol–water partition coefficient (Wildman–Crippen LogP) is 3.72. The summed E-state index contributed by atoms with van der Waals surface area (Å²) in [6.07, 6.45) is 5.15. The summed E-state index contributed by atoms with van der Waals surface area (Å²) >= 11 is 0. The minimum absolute atomic E-state index is 0.000720. The Bertz CT molecular complexity index is 1370. The Labute approximate surface area is 233 Å². The number of rotatable bonds is 13. The highest BCUT2D eigenvalue weighted by Gasteiger charge is 2.30. The molecule has 0 saturated carbocycles. The molecule has 1 saturated heterocycles. The normalized spacial score (nSPS) is 15.9. The number of Topliss-reactive ketones (excluding diaryl/α,β-unsaturated/α-hetero) is 1. The van der Waals surface area contributed by atoms with Gasteiger partial charge >= 0.3 is 0 Å². The zero-order valence-corrected chi connectivity index (χ0v) is 23.4. The summed E-state index contributed by atoms with van der Waals surface area (Å²) in [7, 11) is 0. The van der Waals surface area contributed by atoms with Crippen LogP contribution in [-0.4, -0.2) is 67.0 Å². The standard InChI is InChI=1S/C29H38FN7O3/c1-5-22(10-12-38)33-28-34-27-23(18(3)4)16-32-37(27)29(35-28)31-15-21-13-19(7-8-24(21)30)14-25(39)20-9-11-36(17-20)26(40)6-2/h6-8,13,16,18,20,22,38H,2,5,9-12,14-15,17H2,1,3-4H3,(H2,31,33,34,35). The lowest BCUT2D eigenvalue weighted by Crippen LogP contribution is -2.28. The first kappa shape index (κ1) is 29.1. The summed E-state index contributed by atoms with van der Waals surface area (Å²) in [5.74, 6) is 0.219. The fourth-order valence-electron chi connectivity index (χ4n) is 4.94. The van der Waals surface area contributed by atoms with Crippen LogP contribution in [0.15, 0.2) is 37.1 Å². The van der Waals surface area contributed by atoms with Crippen LogP contribution in [0, 0.1) is 11.7 Å². The van der Waals surface area contributed by atoms with Gasteiger partial charge in [-0.15, -0.1) is 0 Å². The minimum Gasteiger partial charge on any atom is -0.396 e. The van der Waals surface area contributed by atoms with Crippen molar-refractivity contribution in [2.45, 2.75) is 65.0 Å². The van der Waals surface area contributed by atoms with Crippen LogP contribution in [0.2, 0.25) is 0 Å². The summed E-state index contributed by atoms with van der Waals surface area (Å²) in [6.45, 7) is 10.7. The first-order valence-corrected chi connectivity index (χ1v) is 13.8. The molecular formula is C29H38FN7O3. The van der Waals surface area contributed by atoms with Gasteiger partial charge in [0.25, 0.3) is 0 Å². The van der Waals surface area contributed by atoms with Gasteiger partial charge < -0.3 is 20.6 Å². The highest BCUT2D eigenvalue weighted by atomic mass is 19.1. The molecule has 0 spiro atoms. The number of hydrogen-bond donors (Lipinski definition) is 3. The van der Waals surface area contributed by atoms with E-state index >= 15 is 0 Å². The van der Waals surface area contributed by atoms with Gasteiger partial charge in [0.05, 0.1) is 6.20 Å². The Kier molecular flexibility index (Phi) is 9.46. The number of aliphatic hydroxyl groups is 1. The highest BCUT2D eigenvalue weighted by Crippen LogP contribution is 2.24. The van der Waals surface area contributed by atoms with Crippen molar-refractivity contribution >= 4 is 29.2 Å². The summed E-state index contributed by atoms with van der Waals surface area (Å²) in [6, 6.07) is 4.68. The van der Waals surface area contributed by atoms with Crippen LogP contribution >= 0.6 is 0 Å². The maximum absolute atomic E-state index is 14.8. The second-order valence-electron chi connectivity index (χ2n) is 10.5. The number of aromatic nitrogens is 4. The third-order valence-electron chi connectivity index (χ3n) is 7.38. The molecule has 2 atom stereocenters. The molecule has 3 aromatic rings. The third kappa shape index (κ3) is 6.64. The average Bonchev–Trinajstić information content (AvgIpc) is 3.60. The van der Waals surface area contributed by atoms with Crippen molar-refractivity contribution in [3.8, 4) is 0 Å². The highest BCUT2D eigenvalue weighted by molar-refractivity contribution is 5.89. The van der Waals surface area contributed by atoms with Crippen LogP contribution < -0.4 is 10.6 Å². The molecule has 0 radical (unpaired) electrons. The smallest absolute Gasteiger partial charge is 0.245 e. The van der Waals surface area contributed by atoms with Crippen LogP contribution in [-0.2, 0) is 22.6 Å². The van der Waals surface area contributed by atoms with Crippen molar-refractivity contribution in [1.29, 1.82) is 0 Å². The Hall–Kier alpha value is -3.86. The molecule has 2 aromatic heterocycles. The van der Waals surface area contributed by atoms with Gasteiger partial charge in [-0.25, -0.2) is 4.39 Å². The number of carbonyl (C=O) groups excluding carboxylic acids is 2. The predicted molar refractivity (Wildman–Crippen MR) is 152 cm³/mol. The van der Waals surface area contributed by atoms with Crippen LogP contribution in [0.4, 0.5) is 16.3 Å². The molecule has 40 heavy (non-hydrogen) atoms. The lowest BCUT2D eigenvalue weighted by molar-refractivity contribution is -0.125. The number of amides is 1. The molecule has 0 bridgehead atoms. The number of halogens is 1. The Morgan fingerprint density at radius 1 is 1.30 bits per heavy atom. The van der Waals surface area contributed by atoms with Gasteiger partial charge in [-0.3, -0.25) is 9.59 Å². The molecule has 3 heterocycles. The number of likely N-dealkylation sites (tertiary alicyclic amines) is 1. The lowest BCUT2D eigenvalue weighted by atomic mass is 9.96. The summed E-state index contributed by atoms with van der Waals surface area (Å²) in [5, 5.41) is 20.4. The van der Waals surface area contributed by atoms with E-state index in [-0.39, 0.29) is 49.1 Å². The molecule has 3 N–H and O–H groups in total. The molecule has 214 valence electrons. The molecule has 2 unspecified atom stereocenters.